The molecule has 0 aromatic heterocycles. The summed E-state index contributed by atoms with van der Waals surface area (Å²) in [6.07, 6.45) is -0.445. The number of piperidine rings is 1. The van der Waals surface area contributed by atoms with Gasteiger partial charge < -0.3 is 10.2 Å². The molecule has 1 atom stereocenters. The Labute approximate surface area is 63.0 Å². The lowest BCUT2D eigenvalue weighted by Gasteiger charge is -2.30. The average Bonchev–Trinajstić information content (AvgIpc) is 1.81. The number of aliphatic hydroxyl groups is 2. The molecular weight excluding hydrogens is 150 g/mol. The van der Waals surface area contributed by atoms with Crippen molar-refractivity contribution < 1.29 is 19.8 Å². The summed E-state index contributed by atoms with van der Waals surface area (Å²) in [6, 6.07) is 0. The van der Waals surface area contributed by atoms with Crippen molar-refractivity contribution in [2.24, 2.45) is 5.92 Å². The van der Waals surface area contributed by atoms with E-state index in [1.807, 2.05) is 5.32 Å². The van der Waals surface area contributed by atoms with Crippen LogP contribution in [0.15, 0.2) is 0 Å². The third-order valence-corrected chi connectivity index (χ3v) is 1.77. The predicted octanol–water partition coefficient (Wildman–Crippen LogP) is -1.65. The summed E-state index contributed by atoms with van der Waals surface area (Å²) in [4.78, 5) is 21.4. The Balaban J connectivity index is 2.83. The number of rotatable bonds is 0. The summed E-state index contributed by atoms with van der Waals surface area (Å²) in [5, 5.41) is 20.1. The summed E-state index contributed by atoms with van der Waals surface area (Å²) in [7, 11) is 0. The van der Waals surface area contributed by atoms with E-state index in [-0.39, 0.29) is 0 Å². The molecule has 2 amide bonds. The first kappa shape index (κ1) is 8.16. The lowest BCUT2D eigenvalue weighted by atomic mass is 9.93. The van der Waals surface area contributed by atoms with Crippen LogP contribution in [0.3, 0.4) is 0 Å². The van der Waals surface area contributed by atoms with Gasteiger partial charge in [-0.25, -0.2) is 0 Å². The Morgan fingerprint density at radius 1 is 1.55 bits per heavy atom. The molecule has 0 bridgehead atoms. The summed E-state index contributed by atoms with van der Waals surface area (Å²) in [5.41, 5.74) is 0. The van der Waals surface area contributed by atoms with Gasteiger partial charge in [0, 0.05) is 0 Å². The maximum absolute atomic E-state index is 10.8. The molecule has 1 rings (SSSR count). The van der Waals surface area contributed by atoms with Crippen molar-refractivity contribution in [2.75, 3.05) is 0 Å². The molecule has 1 fully saturated rings. The Morgan fingerprint density at radius 2 is 2.09 bits per heavy atom. The second kappa shape index (κ2) is 2.28. The number of nitrogens with one attached hydrogen (secondary N) is 1. The molecule has 0 aromatic rings. The van der Waals surface area contributed by atoms with Gasteiger partial charge in [-0.05, 0) is 6.92 Å². The smallest absolute Gasteiger partial charge is 0.234 e. The van der Waals surface area contributed by atoms with Crippen LogP contribution in [-0.2, 0) is 9.59 Å². The molecule has 11 heavy (non-hydrogen) atoms. The highest BCUT2D eigenvalue weighted by Gasteiger charge is 2.43. The van der Waals surface area contributed by atoms with Gasteiger partial charge >= 0.3 is 0 Å². The topological polar surface area (TPSA) is 86.6 Å². The van der Waals surface area contributed by atoms with Crippen molar-refractivity contribution in [2.45, 2.75) is 19.1 Å². The fourth-order valence-corrected chi connectivity index (χ4v) is 0.889. The first-order valence-electron chi connectivity index (χ1n) is 3.22. The van der Waals surface area contributed by atoms with Crippen molar-refractivity contribution in [3.05, 3.63) is 0 Å². The summed E-state index contributed by atoms with van der Waals surface area (Å²) >= 11 is 0. The molecule has 0 aliphatic carbocycles. The van der Waals surface area contributed by atoms with Crippen molar-refractivity contribution in [1.29, 1.82) is 0 Å². The first-order chi connectivity index (χ1) is 4.93. The van der Waals surface area contributed by atoms with Crippen LogP contribution in [0.5, 0.6) is 0 Å². The van der Waals surface area contributed by atoms with Crippen molar-refractivity contribution in [1.82, 2.24) is 5.32 Å². The summed E-state index contributed by atoms with van der Waals surface area (Å²) in [5.74, 6) is -4.44. The number of hydrogen-bond donors (Lipinski definition) is 3. The van der Waals surface area contributed by atoms with Gasteiger partial charge in [0.05, 0.1) is 12.3 Å². The number of imide groups is 1. The minimum atomic E-state index is -2.18. The van der Waals surface area contributed by atoms with Crippen LogP contribution in [-0.4, -0.2) is 27.8 Å². The Bertz CT molecular complexity index is 211. The summed E-state index contributed by atoms with van der Waals surface area (Å²) in [6.45, 7) is 1.35. The molecule has 0 aromatic carbocycles. The van der Waals surface area contributed by atoms with Crippen LogP contribution in [0.25, 0.3) is 0 Å². The van der Waals surface area contributed by atoms with Crippen molar-refractivity contribution in [3.63, 3.8) is 0 Å². The molecular formula is C6H9NO4. The largest absolute Gasteiger partial charge is 0.365 e. The SMILES string of the molecule is CC1C(=O)NC(=O)CC1(O)O. The first-order valence-corrected chi connectivity index (χ1v) is 3.22. The molecule has 1 unspecified atom stereocenters. The maximum Gasteiger partial charge on any atom is 0.234 e. The molecule has 62 valence electrons. The van der Waals surface area contributed by atoms with E-state index in [4.69, 9.17) is 10.2 Å². The highest BCUT2D eigenvalue weighted by molar-refractivity contribution is 5.99. The van der Waals surface area contributed by atoms with Crippen LogP contribution in [0.4, 0.5) is 0 Å². The van der Waals surface area contributed by atoms with Crippen molar-refractivity contribution >= 4 is 11.8 Å². The highest BCUT2D eigenvalue weighted by atomic mass is 16.5. The molecule has 3 N–H and O–H groups in total. The normalized spacial score (nSPS) is 29.9. The van der Waals surface area contributed by atoms with E-state index in [0.29, 0.717) is 0 Å². The molecule has 0 radical (unpaired) electrons. The molecule has 5 nitrogen and oxygen atoms in total. The van der Waals surface area contributed by atoms with Gasteiger partial charge in [-0.2, -0.15) is 0 Å². The van der Waals surface area contributed by atoms with Gasteiger partial charge in [-0.15, -0.1) is 0 Å². The van der Waals surface area contributed by atoms with Gasteiger partial charge in [-0.3, -0.25) is 14.9 Å². The van der Waals surface area contributed by atoms with Gasteiger partial charge in [0.25, 0.3) is 0 Å². The number of carbonyl (C=O) groups excluding carboxylic acids is 2. The van der Waals surface area contributed by atoms with Crippen LogP contribution in [0.1, 0.15) is 13.3 Å². The van der Waals surface area contributed by atoms with Gasteiger partial charge in [0.15, 0.2) is 5.79 Å². The quantitative estimate of drug-likeness (QED) is 0.292. The predicted molar refractivity (Wildman–Crippen MR) is 34.1 cm³/mol. The molecule has 1 aliphatic rings. The van der Waals surface area contributed by atoms with Crippen LogP contribution < -0.4 is 5.32 Å². The number of carbonyl (C=O) groups is 2. The third kappa shape index (κ3) is 1.38. The number of hydrogen-bond acceptors (Lipinski definition) is 4. The van der Waals surface area contributed by atoms with E-state index < -0.39 is 29.9 Å². The van der Waals surface area contributed by atoms with E-state index in [0.717, 1.165) is 0 Å². The second-order valence-electron chi connectivity index (χ2n) is 2.69. The van der Waals surface area contributed by atoms with Gasteiger partial charge in [-0.1, -0.05) is 0 Å². The van der Waals surface area contributed by atoms with E-state index in [1.54, 1.807) is 0 Å². The van der Waals surface area contributed by atoms with E-state index >= 15 is 0 Å². The highest BCUT2D eigenvalue weighted by Crippen LogP contribution is 2.21. The molecule has 1 saturated heterocycles. The molecule has 0 saturated carbocycles. The molecule has 1 heterocycles. The van der Waals surface area contributed by atoms with E-state index in [1.165, 1.54) is 6.92 Å². The summed E-state index contributed by atoms with van der Waals surface area (Å²) < 4.78 is 0. The monoisotopic (exact) mass is 159 g/mol. The fourth-order valence-electron chi connectivity index (χ4n) is 0.889. The Kier molecular flexibility index (Phi) is 1.69. The van der Waals surface area contributed by atoms with Gasteiger partial charge in [0.2, 0.25) is 11.8 Å². The zero-order valence-electron chi connectivity index (χ0n) is 6.00. The van der Waals surface area contributed by atoms with Crippen molar-refractivity contribution in [3.8, 4) is 0 Å². The standard InChI is InChI=1S/C6H9NO4/c1-3-5(9)7-4(8)2-6(3,10)11/h3,10-11H,2H2,1H3,(H,7,8,9). The van der Waals surface area contributed by atoms with Gasteiger partial charge in [0.1, 0.15) is 0 Å². The Morgan fingerprint density at radius 3 is 2.55 bits per heavy atom. The van der Waals surface area contributed by atoms with Crippen LogP contribution in [0, 0.1) is 5.92 Å². The zero-order chi connectivity index (χ0) is 8.65. The maximum atomic E-state index is 10.8. The lowest BCUT2D eigenvalue weighted by Crippen LogP contribution is -2.55. The average molecular weight is 159 g/mol. The minimum absolute atomic E-state index is 0.445. The minimum Gasteiger partial charge on any atom is -0.365 e. The van der Waals surface area contributed by atoms with E-state index in [9.17, 15) is 9.59 Å². The van der Waals surface area contributed by atoms with Crippen LogP contribution >= 0.6 is 0 Å². The Hall–Kier alpha value is -0.940. The zero-order valence-corrected chi connectivity index (χ0v) is 6.00. The van der Waals surface area contributed by atoms with Crippen LogP contribution in [0.2, 0.25) is 0 Å². The molecule has 0 spiro atoms. The third-order valence-electron chi connectivity index (χ3n) is 1.77. The second-order valence-corrected chi connectivity index (χ2v) is 2.69. The molecule has 5 heteroatoms. The fraction of sp³-hybridized carbons (Fsp3) is 0.667. The molecule has 1 aliphatic heterocycles. The van der Waals surface area contributed by atoms with E-state index in [2.05, 4.69) is 0 Å². The number of amides is 2. The lowest BCUT2D eigenvalue weighted by molar-refractivity contribution is -0.209.